The van der Waals surface area contributed by atoms with Crippen molar-refractivity contribution >= 4 is 23.5 Å². The molecule has 0 bridgehead atoms. The van der Waals surface area contributed by atoms with Gasteiger partial charge in [0.2, 0.25) is 5.91 Å². The van der Waals surface area contributed by atoms with Gasteiger partial charge in [0.15, 0.2) is 10.9 Å². The highest BCUT2D eigenvalue weighted by Gasteiger charge is 2.22. The number of hydrogen-bond acceptors (Lipinski definition) is 6. The topological polar surface area (TPSA) is 100 Å². The van der Waals surface area contributed by atoms with Gasteiger partial charge < -0.3 is 15.0 Å². The van der Waals surface area contributed by atoms with Crippen LogP contribution in [0.4, 0.5) is 0 Å². The first-order valence-electron chi connectivity index (χ1n) is 9.91. The smallest absolute Gasteiger partial charge is 0.217 e. The maximum Gasteiger partial charge on any atom is 0.217 e. The van der Waals surface area contributed by atoms with Crippen LogP contribution < -0.4 is 5.73 Å². The number of Topliss-reactive ketones (excluding diaryl/α,β-unsaturated/α-hetero) is 1. The van der Waals surface area contributed by atoms with Gasteiger partial charge in [0, 0.05) is 25.0 Å². The van der Waals surface area contributed by atoms with Crippen LogP contribution in [-0.4, -0.2) is 44.9 Å². The SMILES string of the molecule is Cc1cc(C)c(C(=O)CSc2nnc(CCC(N)=O)n2CC2CCCO2)cc1C. The Hall–Kier alpha value is -2.19. The third kappa shape index (κ3) is 5.45. The standard InChI is InChI=1S/C21H28N4O3S/c1-13-9-15(3)17(10-14(13)2)18(26)12-29-21-24-23-20(7-6-19(22)27)25(21)11-16-5-4-8-28-16/h9-10,16H,4-8,11-12H2,1-3H3,(H2,22,27). The van der Waals surface area contributed by atoms with Crippen molar-refractivity contribution in [2.45, 2.75) is 64.3 Å². The summed E-state index contributed by atoms with van der Waals surface area (Å²) in [6.07, 6.45) is 2.78. The van der Waals surface area contributed by atoms with E-state index in [0.717, 1.165) is 36.1 Å². The van der Waals surface area contributed by atoms with Crippen LogP contribution in [0.3, 0.4) is 0 Å². The highest BCUT2D eigenvalue weighted by molar-refractivity contribution is 7.99. The Morgan fingerprint density at radius 1 is 1.21 bits per heavy atom. The Balaban J connectivity index is 1.74. The molecule has 0 radical (unpaired) electrons. The van der Waals surface area contributed by atoms with Gasteiger partial charge in [-0.2, -0.15) is 0 Å². The molecule has 1 amide bonds. The lowest BCUT2D eigenvalue weighted by molar-refractivity contribution is -0.118. The molecule has 2 N–H and O–H groups in total. The minimum Gasteiger partial charge on any atom is -0.376 e. The highest BCUT2D eigenvalue weighted by atomic mass is 32.2. The lowest BCUT2D eigenvalue weighted by Gasteiger charge is -2.14. The lowest BCUT2D eigenvalue weighted by Crippen LogP contribution is -2.19. The second kappa shape index (κ2) is 9.54. The number of primary amides is 1. The monoisotopic (exact) mass is 416 g/mol. The molecule has 1 aromatic heterocycles. The number of carbonyl (C=O) groups excluding carboxylic acids is 2. The number of thioether (sulfide) groups is 1. The average Bonchev–Trinajstić information content (AvgIpc) is 3.31. The van der Waals surface area contributed by atoms with Gasteiger partial charge in [0.05, 0.1) is 18.4 Å². The zero-order valence-electron chi connectivity index (χ0n) is 17.2. The van der Waals surface area contributed by atoms with Gasteiger partial charge in [0.1, 0.15) is 5.82 Å². The Labute approximate surface area is 175 Å². The number of benzene rings is 1. The van der Waals surface area contributed by atoms with E-state index >= 15 is 0 Å². The Kier molecular flexibility index (Phi) is 7.08. The molecule has 7 nitrogen and oxygen atoms in total. The third-order valence-electron chi connectivity index (χ3n) is 5.27. The Morgan fingerprint density at radius 2 is 1.97 bits per heavy atom. The molecular weight excluding hydrogens is 388 g/mol. The largest absolute Gasteiger partial charge is 0.376 e. The molecule has 3 rings (SSSR count). The molecule has 8 heteroatoms. The summed E-state index contributed by atoms with van der Waals surface area (Å²) in [7, 11) is 0. The van der Waals surface area contributed by atoms with Crippen LogP contribution in [0.15, 0.2) is 17.3 Å². The number of ether oxygens (including phenoxy) is 1. The van der Waals surface area contributed by atoms with Crippen LogP contribution in [0.2, 0.25) is 0 Å². The summed E-state index contributed by atoms with van der Waals surface area (Å²) in [4.78, 5) is 24.0. The van der Waals surface area contributed by atoms with E-state index in [1.54, 1.807) is 0 Å². The Bertz CT molecular complexity index is 904. The molecule has 1 atom stereocenters. The van der Waals surface area contributed by atoms with E-state index in [9.17, 15) is 9.59 Å². The van der Waals surface area contributed by atoms with Gasteiger partial charge in [-0.15, -0.1) is 10.2 Å². The highest BCUT2D eigenvalue weighted by Crippen LogP contribution is 2.24. The van der Waals surface area contributed by atoms with Crippen molar-refractivity contribution in [2.75, 3.05) is 12.4 Å². The number of ketones is 1. The quantitative estimate of drug-likeness (QED) is 0.498. The maximum atomic E-state index is 12.8. The van der Waals surface area contributed by atoms with Crippen molar-refractivity contribution in [2.24, 2.45) is 5.73 Å². The maximum absolute atomic E-state index is 12.8. The molecule has 156 valence electrons. The number of aromatic nitrogens is 3. The first kappa shape index (κ1) is 21.5. The zero-order valence-corrected chi connectivity index (χ0v) is 18.1. The second-order valence-corrected chi connectivity index (χ2v) is 8.52. The van der Waals surface area contributed by atoms with E-state index in [2.05, 4.69) is 16.3 Å². The van der Waals surface area contributed by atoms with E-state index in [0.29, 0.717) is 23.9 Å². The molecular formula is C21H28N4O3S. The number of aryl methyl sites for hydroxylation is 4. The first-order valence-corrected chi connectivity index (χ1v) is 10.9. The molecule has 1 aromatic carbocycles. The molecule has 1 fully saturated rings. The van der Waals surface area contributed by atoms with Crippen molar-refractivity contribution in [3.8, 4) is 0 Å². The summed E-state index contributed by atoms with van der Waals surface area (Å²) in [6.45, 7) is 7.41. The summed E-state index contributed by atoms with van der Waals surface area (Å²) >= 11 is 1.38. The minimum atomic E-state index is -0.369. The fourth-order valence-electron chi connectivity index (χ4n) is 3.49. The van der Waals surface area contributed by atoms with Crippen LogP contribution in [0.1, 0.15) is 52.1 Å². The zero-order chi connectivity index (χ0) is 21.0. The van der Waals surface area contributed by atoms with Gasteiger partial charge >= 0.3 is 0 Å². The predicted octanol–water partition coefficient (Wildman–Crippen LogP) is 2.78. The summed E-state index contributed by atoms with van der Waals surface area (Å²) in [5.74, 6) is 0.687. The molecule has 29 heavy (non-hydrogen) atoms. The second-order valence-electron chi connectivity index (χ2n) is 7.57. The fourth-order valence-corrected chi connectivity index (χ4v) is 4.34. The molecule has 1 unspecified atom stereocenters. The van der Waals surface area contributed by atoms with Crippen molar-refractivity contribution in [3.05, 3.63) is 40.2 Å². The van der Waals surface area contributed by atoms with Crippen LogP contribution in [0, 0.1) is 20.8 Å². The van der Waals surface area contributed by atoms with Gasteiger partial charge in [-0.3, -0.25) is 9.59 Å². The van der Waals surface area contributed by atoms with E-state index in [1.807, 2.05) is 31.4 Å². The van der Waals surface area contributed by atoms with Crippen molar-refractivity contribution in [1.29, 1.82) is 0 Å². The van der Waals surface area contributed by atoms with E-state index < -0.39 is 0 Å². The summed E-state index contributed by atoms with van der Waals surface area (Å²) < 4.78 is 7.73. The molecule has 2 aromatic rings. The van der Waals surface area contributed by atoms with E-state index in [-0.39, 0.29) is 30.0 Å². The van der Waals surface area contributed by atoms with E-state index in [1.165, 1.54) is 17.3 Å². The Morgan fingerprint density at radius 3 is 2.66 bits per heavy atom. The van der Waals surface area contributed by atoms with Crippen LogP contribution in [0.5, 0.6) is 0 Å². The summed E-state index contributed by atoms with van der Waals surface area (Å²) in [5, 5.41) is 9.19. The first-order chi connectivity index (χ1) is 13.8. The number of carbonyl (C=O) groups is 2. The summed E-state index contributed by atoms with van der Waals surface area (Å²) in [6, 6.07) is 4.01. The molecule has 1 aliphatic heterocycles. The van der Waals surface area contributed by atoms with Crippen molar-refractivity contribution < 1.29 is 14.3 Å². The van der Waals surface area contributed by atoms with Crippen LogP contribution in [0.25, 0.3) is 0 Å². The van der Waals surface area contributed by atoms with Crippen molar-refractivity contribution in [1.82, 2.24) is 14.8 Å². The van der Waals surface area contributed by atoms with Gasteiger partial charge in [-0.25, -0.2) is 0 Å². The fraction of sp³-hybridized carbons (Fsp3) is 0.524. The van der Waals surface area contributed by atoms with Crippen LogP contribution in [-0.2, 0) is 22.5 Å². The number of rotatable bonds is 9. The number of nitrogens with zero attached hydrogens (tertiary/aromatic N) is 3. The van der Waals surface area contributed by atoms with Crippen molar-refractivity contribution in [3.63, 3.8) is 0 Å². The molecule has 0 aliphatic carbocycles. The third-order valence-corrected chi connectivity index (χ3v) is 6.24. The molecule has 2 heterocycles. The lowest BCUT2D eigenvalue weighted by atomic mass is 9.99. The molecule has 0 spiro atoms. The molecule has 1 aliphatic rings. The van der Waals surface area contributed by atoms with Gasteiger partial charge in [-0.1, -0.05) is 17.8 Å². The average molecular weight is 417 g/mol. The molecule has 1 saturated heterocycles. The minimum absolute atomic E-state index is 0.0703. The predicted molar refractivity (Wildman–Crippen MR) is 112 cm³/mol. The number of hydrogen-bond donors (Lipinski definition) is 1. The normalized spacial score (nSPS) is 16.3. The van der Waals surface area contributed by atoms with Gasteiger partial charge in [-0.05, 0) is 56.4 Å². The number of amides is 1. The summed E-state index contributed by atoms with van der Waals surface area (Å²) in [5.41, 5.74) is 9.32. The van der Waals surface area contributed by atoms with Gasteiger partial charge in [0.25, 0.3) is 0 Å². The van der Waals surface area contributed by atoms with Crippen LogP contribution >= 0.6 is 11.8 Å². The number of nitrogens with two attached hydrogens (primary N) is 1. The molecule has 0 saturated carbocycles. The van der Waals surface area contributed by atoms with E-state index in [4.69, 9.17) is 10.5 Å².